The minimum atomic E-state index is -0.530. The molecule has 2 nitrogen and oxygen atoms in total. The predicted molar refractivity (Wildman–Crippen MR) is 585 cm³/mol. The van der Waals surface area contributed by atoms with Crippen LogP contribution in [0.15, 0.2) is 320 Å². The Kier molecular flexibility index (Phi) is 27.7. The molecule has 0 amide bonds. The van der Waals surface area contributed by atoms with E-state index < -0.39 is 10.8 Å². The molecule has 14 aromatic rings. The fourth-order valence-corrected chi connectivity index (χ4v) is 21.5. The minimum Gasteiger partial charge on any atom is -0.356 e. The van der Waals surface area contributed by atoms with Crippen molar-refractivity contribution in [2.24, 2.45) is 0 Å². The van der Waals surface area contributed by atoms with Gasteiger partial charge in [-0.15, -0.1) is 0 Å². The molecule has 0 aliphatic heterocycles. The van der Waals surface area contributed by atoms with Crippen molar-refractivity contribution in [3.05, 3.63) is 420 Å². The van der Waals surface area contributed by atoms with Crippen molar-refractivity contribution in [1.82, 2.24) is 0 Å². The third-order valence-corrected chi connectivity index (χ3v) is 30.1. The number of nitrogens with one attached hydrogen (secondary N) is 1. The van der Waals surface area contributed by atoms with Crippen LogP contribution in [0.4, 0.5) is 28.4 Å². The number of fused-ring (bicyclic) bond motifs is 6. The summed E-state index contributed by atoms with van der Waals surface area (Å²) in [4.78, 5) is 2.50. The molecule has 0 bridgehead atoms. The zero-order valence-electron chi connectivity index (χ0n) is 84.6. The normalized spacial score (nSPS) is 15.1. The Morgan fingerprint density at radius 2 is 0.515 bits per heavy atom. The Balaban J connectivity index is 0.000000181. The molecule has 0 saturated heterocycles. The Morgan fingerprint density at radius 1 is 0.239 bits per heavy atom. The molecule has 0 spiro atoms. The van der Waals surface area contributed by atoms with E-state index in [4.69, 9.17) is 0 Å². The lowest BCUT2D eigenvalue weighted by Crippen LogP contribution is -2.29. The molecule has 3 heteroatoms. The van der Waals surface area contributed by atoms with Crippen LogP contribution in [0.5, 0.6) is 0 Å². The molecule has 692 valence electrons. The van der Waals surface area contributed by atoms with Gasteiger partial charge in [0.2, 0.25) is 0 Å². The first-order valence-electron chi connectivity index (χ1n) is 49.7. The summed E-state index contributed by atoms with van der Waals surface area (Å²) in [6.45, 7) is 55.4. The highest BCUT2D eigenvalue weighted by molar-refractivity contribution is 9.10. The molecule has 2 saturated carbocycles. The molecule has 1 N–H and O–H groups in total. The van der Waals surface area contributed by atoms with Crippen molar-refractivity contribution < 1.29 is 0 Å². The van der Waals surface area contributed by atoms with Crippen molar-refractivity contribution >= 4 is 44.4 Å². The van der Waals surface area contributed by atoms with Crippen LogP contribution in [-0.2, 0) is 54.1 Å². The van der Waals surface area contributed by atoms with Crippen molar-refractivity contribution in [3.8, 4) is 44.5 Å². The van der Waals surface area contributed by atoms with Gasteiger partial charge in [0, 0.05) is 32.9 Å². The highest BCUT2D eigenvalue weighted by Gasteiger charge is 2.49. The van der Waals surface area contributed by atoms with E-state index in [1.165, 1.54) is 219 Å². The summed E-state index contributed by atoms with van der Waals surface area (Å²) in [6.07, 6.45) is 13.7. The van der Waals surface area contributed by atoms with Crippen LogP contribution in [0.25, 0.3) is 44.5 Å². The van der Waals surface area contributed by atoms with Crippen LogP contribution in [-0.4, -0.2) is 0 Å². The fraction of sp³-hybridized carbons (Fsp3) is 0.359. The van der Waals surface area contributed by atoms with Crippen molar-refractivity contribution in [1.29, 1.82) is 0 Å². The molecule has 0 heterocycles. The van der Waals surface area contributed by atoms with Gasteiger partial charge in [-0.25, -0.2) is 0 Å². The Labute approximate surface area is 816 Å². The highest BCUT2D eigenvalue weighted by Crippen LogP contribution is 2.60. The smallest absolute Gasteiger partial charge is 0.0714 e. The molecular weight excluding hydrogens is 1680 g/mol. The summed E-state index contributed by atoms with van der Waals surface area (Å²) in [7, 11) is 0. The minimum absolute atomic E-state index is 0. The second-order valence-corrected chi connectivity index (χ2v) is 48.3. The standard InChI is InChI=1S/C65H73N.C53H59N.C12H15Br.CH4/c1-61(2,3)48-26-30-50(31-27-48)65(51-32-28-49(29-33-51)62(4,5)6)59-21-17-16-20-57(59)58-39-38-56(43-60(58)65)66(54-34-22-45(23-35-54)44-18-14-13-15-19-44)55-36-24-46(25-37-55)47-40-52(63(7,8)9)42-53(41-47)64(10,11)12;1-49(2,3)37-19-23-39(24-20-37)53(40-25-21-38(22-26-40)50(4,5)6)47-16-14-13-15-45(47)46-30-29-44(34-48(46)53)54-43-27-17-35(18-28-43)36-31-41(51(7,8)9)33-42(32-36)52(10,11)12;13-12-8-6-11(7-9-12)10-4-2-1-3-5-10;/h16-17,20-44H,13-15,18-19H2,1-12H3;13-34,54H,1-12H3;6-10H,1-5H2;1H4. The van der Waals surface area contributed by atoms with Crippen molar-refractivity contribution in [2.45, 2.75) is 304 Å². The molecule has 134 heavy (non-hydrogen) atoms. The maximum absolute atomic E-state index is 3.81. The van der Waals surface area contributed by atoms with Crippen molar-refractivity contribution in [2.75, 3.05) is 10.2 Å². The first kappa shape index (κ1) is 97.7. The number of anilines is 5. The van der Waals surface area contributed by atoms with Gasteiger partial charge in [-0.1, -0.05) is 471 Å². The van der Waals surface area contributed by atoms with Gasteiger partial charge in [0.05, 0.1) is 10.8 Å². The maximum Gasteiger partial charge on any atom is 0.0714 e. The average Bonchev–Trinajstić information content (AvgIpc) is 1.54. The second-order valence-electron chi connectivity index (χ2n) is 47.4. The number of benzene rings is 14. The average molecular weight is 1830 g/mol. The molecule has 2 fully saturated rings. The van der Waals surface area contributed by atoms with Gasteiger partial charge in [-0.2, -0.15) is 0 Å². The molecule has 14 aromatic carbocycles. The molecule has 4 aliphatic rings. The quantitative estimate of drug-likeness (QED) is 0.124. The van der Waals surface area contributed by atoms with Crippen LogP contribution < -0.4 is 10.2 Å². The summed E-state index contributed by atoms with van der Waals surface area (Å²) >= 11 is 3.47. The topological polar surface area (TPSA) is 15.3 Å². The lowest BCUT2D eigenvalue weighted by atomic mass is 9.67. The number of hydrogen-bond acceptors (Lipinski definition) is 2. The van der Waals surface area contributed by atoms with Gasteiger partial charge < -0.3 is 10.2 Å². The molecule has 0 atom stereocenters. The van der Waals surface area contributed by atoms with Gasteiger partial charge in [0.1, 0.15) is 0 Å². The van der Waals surface area contributed by atoms with Gasteiger partial charge in [-0.3, -0.25) is 0 Å². The van der Waals surface area contributed by atoms with E-state index in [0.29, 0.717) is 5.92 Å². The maximum atomic E-state index is 3.81. The van der Waals surface area contributed by atoms with Crippen LogP contribution in [0.3, 0.4) is 0 Å². The summed E-state index contributed by atoms with van der Waals surface area (Å²) in [5.74, 6) is 1.48. The molecule has 0 unspecified atom stereocenters. The van der Waals surface area contributed by atoms with Crippen LogP contribution >= 0.6 is 15.9 Å². The SMILES string of the molecule is Brc1ccc(C2CCCCC2)cc1.C.CC(C)(C)c1ccc(C2(c3ccc(C(C)(C)C)cc3)c3ccccc3-c3ccc(N(c4ccc(-c5cc(C(C)(C)C)cc(C(C)(C)C)c5)cc4)c4ccc(C5CCCCC5)cc4)cc32)cc1.CC(C)(C)c1ccc(C2(c3ccc(C(C)(C)C)cc3)c3ccccc3-c3ccc(Nc4ccc(-c5cc(C(C)(C)C)cc(C(C)(C)C)c5)cc4)cc32)cc1. The lowest BCUT2D eigenvalue weighted by molar-refractivity contribution is 0.443. The van der Waals surface area contributed by atoms with E-state index in [0.717, 1.165) is 28.7 Å². The predicted octanol–water partition coefficient (Wildman–Crippen LogP) is 38.2. The van der Waals surface area contributed by atoms with E-state index in [9.17, 15) is 0 Å². The van der Waals surface area contributed by atoms with E-state index in [1.807, 2.05) is 0 Å². The zero-order chi connectivity index (χ0) is 94.8. The summed E-state index contributed by atoms with van der Waals surface area (Å²) < 4.78 is 1.19. The Bertz CT molecular complexity index is 6230. The lowest BCUT2D eigenvalue weighted by Gasteiger charge is -2.36. The monoisotopic (exact) mass is 1830 g/mol. The molecule has 0 radical (unpaired) electrons. The molecule has 0 aromatic heterocycles. The summed E-state index contributed by atoms with van der Waals surface area (Å²) in [5, 5.41) is 3.81. The zero-order valence-corrected chi connectivity index (χ0v) is 86.2. The summed E-state index contributed by atoms with van der Waals surface area (Å²) in [6, 6.07) is 122. The second kappa shape index (κ2) is 38.0. The molecule has 18 rings (SSSR count). The van der Waals surface area contributed by atoms with Crippen LogP contribution in [0.2, 0.25) is 0 Å². The fourth-order valence-electron chi connectivity index (χ4n) is 21.2. The van der Waals surface area contributed by atoms with E-state index in [2.05, 4.69) is 508 Å². The van der Waals surface area contributed by atoms with Gasteiger partial charge in [0.15, 0.2) is 0 Å². The van der Waals surface area contributed by atoms with E-state index in [1.54, 1.807) is 0 Å². The number of hydrogen-bond donors (Lipinski definition) is 1. The Morgan fingerprint density at radius 3 is 0.851 bits per heavy atom. The van der Waals surface area contributed by atoms with Crippen LogP contribution in [0, 0.1) is 0 Å². The Hall–Kier alpha value is -10.8. The largest absolute Gasteiger partial charge is 0.356 e. The summed E-state index contributed by atoms with van der Waals surface area (Å²) in [5.41, 5.74) is 39.7. The first-order valence-corrected chi connectivity index (χ1v) is 50.5. The highest BCUT2D eigenvalue weighted by atomic mass is 79.9. The van der Waals surface area contributed by atoms with Crippen molar-refractivity contribution in [3.63, 3.8) is 0 Å². The molecule has 4 aliphatic carbocycles. The van der Waals surface area contributed by atoms with Crippen LogP contribution in [0.1, 0.15) is 350 Å². The van der Waals surface area contributed by atoms with Gasteiger partial charge in [-0.05, 0) is 298 Å². The first-order chi connectivity index (χ1) is 62.8. The van der Waals surface area contributed by atoms with E-state index in [-0.39, 0.29) is 50.7 Å². The number of nitrogens with zero attached hydrogens (tertiary/aromatic N) is 1. The van der Waals surface area contributed by atoms with Gasteiger partial charge >= 0.3 is 0 Å². The third-order valence-electron chi connectivity index (χ3n) is 29.5. The van der Waals surface area contributed by atoms with Gasteiger partial charge in [0.25, 0.3) is 0 Å². The molecular formula is C131H151BrN2. The van der Waals surface area contributed by atoms with E-state index >= 15 is 0 Å². The number of halogens is 1. The number of rotatable bonds is 13. The third kappa shape index (κ3) is 20.4.